The standard InChI is InChI=1S/C16H23ClN2O2/c1-19(2,13-6-4-5-7-13)11-16(20)18-14-10-12(17)8-9-15(14)21-3/h8-10,13H,4-7,11H2,1-3H3/p+1. The summed E-state index contributed by atoms with van der Waals surface area (Å²) in [5.74, 6) is 0.617. The number of nitrogens with zero attached hydrogens (tertiary/aromatic N) is 1. The number of likely N-dealkylation sites (N-methyl/N-ethyl adjacent to an activating group) is 1. The minimum absolute atomic E-state index is 0.00698. The Labute approximate surface area is 131 Å². The van der Waals surface area contributed by atoms with Gasteiger partial charge in [0.1, 0.15) is 5.75 Å². The first-order chi connectivity index (χ1) is 9.92. The smallest absolute Gasteiger partial charge is 0.279 e. The van der Waals surface area contributed by atoms with Gasteiger partial charge in [0.15, 0.2) is 6.54 Å². The first kappa shape index (κ1) is 16.1. The molecule has 0 unspecified atom stereocenters. The van der Waals surface area contributed by atoms with E-state index in [1.165, 1.54) is 25.7 Å². The van der Waals surface area contributed by atoms with Gasteiger partial charge in [0.2, 0.25) is 0 Å². The highest BCUT2D eigenvalue weighted by molar-refractivity contribution is 6.31. The van der Waals surface area contributed by atoms with Crippen molar-refractivity contribution in [2.75, 3.05) is 33.1 Å². The zero-order chi connectivity index (χ0) is 15.5. The third-order valence-electron chi connectivity index (χ3n) is 4.30. The average molecular weight is 312 g/mol. The first-order valence-corrected chi connectivity index (χ1v) is 7.76. The quantitative estimate of drug-likeness (QED) is 0.847. The molecule has 21 heavy (non-hydrogen) atoms. The van der Waals surface area contributed by atoms with Gasteiger partial charge in [-0.05, 0) is 43.9 Å². The molecule has 1 N–H and O–H groups in total. The second kappa shape index (κ2) is 6.67. The van der Waals surface area contributed by atoms with Gasteiger partial charge in [-0.2, -0.15) is 0 Å². The number of hydrogen-bond acceptors (Lipinski definition) is 2. The topological polar surface area (TPSA) is 38.3 Å². The minimum atomic E-state index is -0.00698. The van der Waals surface area contributed by atoms with Crippen molar-refractivity contribution in [3.8, 4) is 5.75 Å². The fraction of sp³-hybridized carbons (Fsp3) is 0.562. The summed E-state index contributed by atoms with van der Waals surface area (Å²) < 4.78 is 5.98. The van der Waals surface area contributed by atoms with E-state index >= 15 is 0 Å². The van der Waals surface area contributed by atoms with Crippen molar-refractivity contribution in [2.24, 2.45) is 0 Å². The Morgan fingerprint density at radius 2 is 2.05 bits per heavy atom. The highest BCUT2D eigenvalue weighted by atomic mass is 35.5. The molecule has 1 aliphatic rings. The lowest BCUT2D eigenvalue weighted by molar-refractivity contribution is -0.906. The normalized spacial score (nSPS) is 16.0. The van der Waals surface area contributed by atoms with E-state index < -0.39 is 0 Å². The molecule has 0 bridgehead atoms. The van der Waals surface area contributed by atoms with Gasteiger partial charge < -0.3 is 14.5 Å². The lowest BCUT2D eigenvalue weighted by Gasteiger charge is -2.35. The predicted molar refractivity (Wildman–Crippen MR) is 85.9 cm³/mol. The molecule has 0 heterocycles. The number of anilines is 1. The number of hydrogen-bond donors (Lipinski definition) is 1. The molecule has 1 aromatic carbocycles. The van der Waals surface area contributed by atoms with Crippen molar-refractivity contribution < 1.29 is 14.0 Å². The summed E-state index contributed by atoms with van der Waals surface area (Å²) >= 11 is 5.98. The third kappa shape index (κ3) is 4.11. The number of benzene rings is 1. The summed E-state index contributed by atoms with van der Waals surface area (Å²) in [6.45, 7) is 0.459. The maximum absolute atomic E-state index is 12.3. The van der Waals surface area contributed by atoms with Crippen LogP contribution in [0.3, 0.4) is 0 Å². The van der Waals surface area contributed by atoms with Gasteiger partial charge in [-0.3, -0.25) is 4.79 Å². The van der Waals surface area contributed by atoms with Crippen LogP contribution in [0.4, 0.5) is 5.69 Å². The summed E-state index contributed by atoms with van der Waals surface area (Å²) in [5, 5.41) is 3.50. The fourth-order valence-electron chi connectivity index (χ4n) is 3.07. The predicted octanol–water partition coefficient (Wildman–Crippen LogP) is 3.31. The molecule has 0 atom stereocenters. The second-order valence-corrected chi connectivity index (χ2v) is 6.70. The molecule has 4 nitrogen and oxygen atoms in total. The molecule has 0 aromatic heterocycles. The lowest BCUT2D eigenvalue weighted by Crippen LogP contribution is -2.51. The summed E-state index contributed by atoms with van der Waals surface area (Å²) in [4.78, 5) is 12.3. The number of amides is 1. The van der Waals surface area contributed by atoms with Crippen LogP contribution < -0.4 is 10.1 Å². The van der Waals surface area contributed by atoms with Crippen LogP contribution in [0.25, 0.3) is 0 Å². The number of carbonyl (C=O) groups is 1. The number of carbonyl (C=O) groups excluding carboxylic acids is 1. The van der Waals surface area contributed by atoms with Crippen LogP contribution in [0.15, 0.2) is 18.2 Å². The van der Waals surface area contributed by atoms with Crippen molar-refractivity contribution in [1.82, 2.24) is 0 Å². The number of halogens is 1. The SMILES string of the molecule is COc1ccc(Cl)cc1NC(=O)C[N+](C)(C)C1CCCC1. The molecule has 0 saturated heterocycles. The molecule has 1 fully saturated rings. The van der Waals surface area contributed by atoms with Crippen LogP contribution >= 0.6 is 11.6 Å². The van der Waals surface area contributed by atoms with Gasteiger partial charge in [0, 0.05) is 5.02 Å². The van der Waals surface area contributed by atoms with Crippen molar-refractivity contribution in [3.63, 3.8) is 0 Å². The van der Waals surface area contributed by atoms with Crippen molar-refractivity contribution in [2.45, 2.75) is 31.7 Å². The van der Waals surface area contributed by atoms with Crippen LogP contribution in [-0.2, 0) is 4.79 Å². The largest absolute Gasteiger partial charge is 0.495 e. The second-order valence-electron chi connectivity index (χ2n) is 6.27. The van der Waals surface area contributed by atoms with Crippen molar-refractivity contribution in [3.05, 3.63) is 23.2 Å². The minimum Gasteiger partial charge on any atom is -0.495 e. The van der Waals surface area contributed by atoms with E-state index in [4.69, 9.17) is 16.3 Å². The van der Waals surface area contributed by atoms with Gasteiger partial charge in [-0.15, -0.1) is 0 Å². The van der Waals surface area contributed by atoms with E-state index in [1.807, 2.05) is 0 Å². The molecule has 116 valence electrons. The Hall–Kier alpha value is -1.26. The first-order valence-electron chi connectivity index (χ1n) is 7.38. The summed E-state index contributed by atoms with van der Waals surface area (Å²) in [7, 11) is 5.84. The Balaban J connectivity index is 2.02. The number of quaternary nitrogens is 1. The molecule has 0 aliphatic heterocycles. The fourth-order valence-corrected chi connectivity index (χ4v) is 3.24. The molecule has 5 heteroatoms. The molecular weight excluding hydrogens is 288 g/mol. The van der Waals surface area contributed by atoms with E-state index in [2.05, 4.69) is 19.4 Å². The Bertz CT molecular complexity index is 511. The number of nitrogens with one attached hydrogen (secondary N) is 1. The number of rotatable bonds is 5. The highest BCUT2D eigenvalue weighted by Crippen LogP contribution is 2.29. The Morgan fingerprint density at radius 1 is 1.38 bits per heavy atom. The summed E-state index contributed by atoms with van der Waals surface area (Å²) in [6.07, 6.45) is 4.97. The molecular formula is C16H24ClN2O2+. The van der Waals surface area contributed by atoms with Crippen LogP contribution in [0.2, 0.25) is 5.02 Å². The molecule has 1 saturated carbocycles. The van der Waals surface area contributed by atoms with Gasteiger partial charge in [-0.25, -0.2) is 0 Å². The van der Waals surface area contributed by atoms with Gasteiger partial charge >= 0.3 is 0 Å². The Morgan fingerprint density at radius 3 is 2.67 bits per heavy atom. The van der Waals surface area contributed by atoms with E-state index in [9.17, 15) is 4.79 Å². The van der Waals surface area contributed by atoms with E-state index in [1.54, 1.807) is 25.3 Å². The molecule has 1 aliphatic carbocycles. The van der Waals surface area contributed by atoms with Crippen molar-refractivity contribution >= 4 is 23.2 Å². The maximum Gasteiger partial charge on any atom is 0.279 e. The van der Waals surface area contributed by atoms with Gasteiger partial charge in [-0.1, -0.05) is 11.6 Å². The Kier molecular flexibility index (Phi) is 5.12. The summed E-state index contributed by atoms with van der Waals surface area (Å²) in [6, 6.07) is 5.80. The average Bonchev–Trinajstić information content (AvgIpc) is 2.92. The molecule has 1 aromatic rings. The van der Waals surface area contributed by atoms with Gasteiger partial charge in [0.25, 0.3) is 5.91 Å². The van der Waals surface area contributed by atoms with E-state index in [0.717, 1.165) is 4.48 Å². The summed E-state index contributed by atoms with van der Waals surface area (Å²) in [5.41, 5.74) is 0.626. The molecule has 2 rings (SSSR count). The van der Waals surface area contributed by atoms with Crippen LogP contribution in [0, 0.1) is 0 Å². The van der Waals surface area contributed by atoms with Crippen LogP contribution in [0.5, 0.6) is 5.75 Å². The molecule has 1 amide bonds. The highest BCUT2D eigenvalue weighted by Gasteiger charge is 2.33. The van der Waals surface area contributed by atoms with Crippen LogP contribution in [0.1, 0.15) is 25.7 Å². The van der Waals surface area contributed by atoms with E-state index in [0.29, 0.717) is 29.0 Å². The van der Waals surface area contributed by atoms with Gasteiger partial charge in [0.05, 0.1) is 32.9 Å². The van der Waals surface area contributed by atoms with Crippen LogP contribution in [-0.4, -0.2) is 44.2 Å². The zero-order valence-electron chi connectivity index (χ0n) is 13.0. The lowest BCUT2D eigenvalue weighted by atomic mass is 10.2. The van der Waals surface area contributed by atoms with E-state index in [-0.39, 0.29) is 5.91 Å². The monoisotopic (exact) mass is 311 g/mol. The molecule has 0 spiro atoms. The van der Waals surface area contributed by atoms with Crippen molar-refractivity contribution in [1.29, 1.82) is 0 Å². The molecule has 0 radical (unpaired) electrons. The zero-order valence-corrected chi connectivity index (χ0v) is 13.7. The maximum atomic E-state index is 12.3. The third-order valence-corrected chi connectivity index (χ3v) is 4.54. The number of ether oxygens (including phenoxy) is 1. The number of methoxy groups -OCH3 is 1.